The summed E-state index contributed by atoms with van der Waals surface area (Å²) in [6, 6.07) is 12.8. The molecule has 58 heavy (non-hydrogen) atoms. The summed E-state index contributed by atoms with van der Waals surface area (Å²) < 4.78 is 9.55. The molecule has 3 aromatic heterocycles. The molecule has 2 aliphatic heterocycles. The van der Waals surface area contributed by atoms with Crippen molar-refractivity contribution in [1.29, 1.82) is 0 Å². The van der Waals surface area contributed by atoms with Gasteiger partial charge in [0.15, 0.2) is 0 Å². The number of H-pyrrole nitrogens is 3. The molecule has 5 heterocycles. The molecule has 4 atom stereocenters. The van der Waals surface area contributed by atoms with E-state index in [4.69, 9.17) is 19.4 Å². The van der Waals surface area contributed by atoms with Crippen LogP contribution in [0.25, 0.3) is 44.5 Å². The Bertz CT molecular complexity index is 2290. The molecule has 2 aromatic carbocycles. The van der Waals surface area contributed by atoms with Crippen LogP contribution in [-0.4, -0.2) is 98.1 Å². The molecular formula is C43H53N9O6. The van der Waals surface area contributed by atoms with Gasteiger partial charge >= 0.3 is 12.2 Å². The largest absolute Gasteiger partial charge is 0.453 e. The fourth-order valence-electron chi connectivity index (χ4n) is 8.34. The van der Waals surface area contributed by atoms with E-state index >= 15 is 0 Å². The fourth-order valence-corrected chi connectivity index (χ4v) is 8.34. The van der Waals surface area contributed by atoms with Gasteiger partial charge in [-0.25, -0.2) is 19.6 Å². The highest BCUT2D eigenvalue weighted by molar-refractivity contribution is 6.03. The number of nitrogens with one attached hydrogen (secondary N) is 5. The summed E-state index contributed by atoms with van der Waals surface area (Å²) in [5.41, 5.74) is 7.75. The number of aromatic amines is 3. The highest BCUT2D eigenvalue weighted by Crippen LogP contribution is 2.39. The van der Waals surface area contributed by atoms with Crippen LogP contribution in [0, 0.1) is 18.8 Å². The molecule has 0 saturated carbocycles. The molecule has 15 heteroatoms. The first-order chi connectivity index (χ1) is 27.9. The zero-order valence-electron chi connectivity index (χ0n) is 34.1. The van der Waals surface area contributed by atoms with E-state index in [1.54, 1.807) is 0 Å². The minimum atomic E-state index is -0.704. The smallest absolute Gasteiger partial charge is 0.407 e. The first-order valence-corrected chi connectivity index (χ1v) is 20.0. The van der Waals surface area contributed by atoms with Gasteiger partial charge in [-0.3, -0.25) is 9.59 Å². The molecule has 0 unspecified atom stereocenters. The topological polar surface area (TPSA) is 190 Å². The molecule has 7 rings (SSSR count). The maximum Gasteiger partial charge on any atom is 0.407 e. The maximum atomic E-state index is 13.7. The number of carbonyl (C=O) groups excluding carboxylic acids is 4. The van der Waals surface area contributed by atoms with Crippen LogP contribution in [0.2, 0.25) is 0 Å². The lowest BCUT2D eigenvalue weighted by atomic mass is 9.97. The van der Waals surface area contributed by atoms with Crippen LogP contribution in [0.15, 0.2) is 54.9 Å². The molecule has 5 aromatic rings. The Morgan fingerprint density at radius 3 is 1.69 bits per heavy atom. The SMILES string of the molecule is COC(=O)N[C@H](C(=O)N1CCC[C@H]1c1ncc(-c2ccc(-c3ccc(-c4cnc([C@@H]5CCCN5C(=O)[C@@H](NC(=O)OC)C(C)C)[nH]4)c4[nH]c(C)cc34)cc2)[nH]1)C(C)C. The number of aryl methyl sites for hydroxylation is 1. The molecule has 0 radical (unpaired) electrons. The molecule has 2 saturated heterocycles. The van der Waals surface area contributed by atoms with Crippen molar-refractivity contribution in [3.05, 3.63) is 72.2 Å². The second kappa shape index (κ2) is 16.8. The van der Waals surface area contributed by atoms with Gasteiger partial charge in [0, 0.05) is 29.7 Å². The molecule has 0 bridgehead atoms. The van der Waals surface area contributed by atoms with Gasteiger partial charge in [0.1, 0.15) is 23.7 Å². The number of methoxy groups -OCH3 is 2. The van der Waals surface area contributed by atoms with Crippen LogP contribution in [-0.2, 0) is 19.1 Å². The number of aromatic nitrogens is 5. The van der Waals surface area contributed by atoms with Crippen molar-refractivity contribution in [2.45, 2.75) is 84.5 Å². The third-order valence-corrected chi connectivity index (χ3v) is 11.4. The highest BCUT2D eigenvalue weighted by atomic mass is 16.5. The van der Waals surface area contributed by atoms with E-state index in [9.17, 15) is 19.2 Å². The number of likely N-dealkylation sites (tertiary alicyclic amines) is 2. The van der Waals surface area contributed by atoms with Crippen molar-refractivity contribution in [3.8, 4) is 33.6 Å². The van der Waals surface area contributed by atoms with Crippen LogP contribution < -0.4 is 10.6 Å². The molecule has 2 fully saturated rings. The predicted octanol–water partition coefficient (Wildman–Crippen LogP) is 7.01. The van der Waals surface area contributed by atoms with Gasteiger partial charge < -0.3 is 44.9 Å². The zero-order valence-corrected chi connectivity index (χ0v) is 34.1. The standard InChI is InChI=1S/C43H53N9O6/c1-23(2)35(49-42(55)57-6)40(53)51-18-8-10-33(51)38-44-21-31(47-38)27-14-12-26(13-15-27)28-16-17-29(37-30(28)20-25(5)46-37)32-22-45-39(48-32)34-11-9-19-52(34)41(54)36(24(3)4)50-43(56)58-7/h12-17,20-24,33-36,46H,8-11,18-19H2,1-7H3,(H,44,47)(H,45,48)(H,49,55)(H,50,56)/t33-,34-,35-,36-/m0/s1. The summed E-state index contributed by atoms with van der Waals surface area (Å²) in [6.07, 6.45) is 5.59. The number of carbonyl (C=O) groups is 4. The first kappa shape index (κ1) is 40.1. The number of alkyl carbamates (subject to hydrolysis) is 2. The lowest BCUT2D eigenvalue weighted by Gasteiger charge is -2.30. The van der Waals surface area contributed by atoms with Crippen molar-refractivity contribution in [2.75, 3.05) is 27.3 Å². The minimum Gasteiger partial charge on any atom is -0.453 e. The zero-order chi connectivity index (χ0) is 41.2. The van der Waals surface area contributed by atoms with E-state index in [-0.39, 0.29) is 35.7 Å². The Labute approximate surface area is 337 Å². The third kappa shape index (κ3) is 7.89. The number of ether oxygens (including phenoxy) is 2. The Morgan fingerprint density at radius 1 is 0.690 bits per heavy atom. The molecule has 0 aliphatic carbocycles. The van der Waals surface area contributed by atoms with E-state index in [1.807, 2.05) is 56.8 Å². The molecular weight excluding hydrogens is 739 g/mol. The monoisotopic (exact) mass is 791 g/mol. The van der Waals surface area contributed by atoms with Crippen molar-refractivity contribution in [2.24, 2.45) is 11.8 Å². The van der Waals surface area contributed by atoms with Crippen molar-refractivity contribution >= 4 is 34.9 Å². The number of nitrogens with zero attached hydrogens (tertiary/aromatic N) is 4. The van der Waals surface area contributed by atoms with Crippen molar-refractivity contribution < 1.29 is 28.7 Å². The lowest BCUT2D eigenvalue weighted by molar-refractivity contribution is -0.136. The Morgan fingerprint density at radius 2 is 1.17 bits per heavy atom. The van der Waals surface area contributed by atoms with Crippen molar-refractivity contribution in [3.63, 3.8) is 0 Å². The highest BCUT2D eigenvalue weighted by Gasteiger charge is 2.39. The Balaban J connectivity index is 1.09. The number of imidazole rings is 2. The summed E-state index contributed by atoms with van der Waals surface area (Å²) in [4.78, 5) is 75.0. The number of amides is 4. The maximum absolute atomic E-state index is 13.7. The molecule has 5 N–H and O–H groups in total. The fraction of sp³-hybridized carbons (Fsp3) is 0.442. The minimum absolute atomic E-state index is 0.112. The van der Waals surface area contributed by atoms with E-state index in [1.165, 1.54) is 14.2 Å². The van der Waals surface area contributed by atoms with Crippen LogP contribution in [0.3, 0.4) is 0 Å². The summed E-state index contributed by atoms with van der Waals surface area (Å²) in [7, 11) is 2.58. The van der Waals surface area contributed by atoms with Gasteiger partial charge in [-0.15, -0.1) is 0 Å². The van der Waals surface area contributed by atoms with Gasteiger partial charge in [-0.05, 0) is 67.2 Å². The van der Waals surface area contributed by atoms with Crippen LogP contribution >= 0.6 is 0 Å². The molecule has 0 spiro atoms. The molecule has 4 amide bonds. The van der Waals surface area contributed by atoms with Gasteiger partial charge in [0.2, 0.25) is 11.8 Å². The van der Waals surface area contributed by atoms with Gasteiger partial charge in [-0.1, -0.05) is 64.1 Å². The number of hydrogen-bond donors (Lipinski definition) is 5. The summed E-state index contributed by atoms with van der Waals surface area (Å²) in [5, 5.41) is 6.48. The summed E-state index contributed by atoms with van der Waals surface area (Å²) in [5.74, 6) is 0.905. The number of fused-ring (bicyclic) bond motifs is 1. The quantitative estimate of drug-likeness (QED) is 0.0944. The number of rotatable bonds is 11. The van der Waals surface area contributed by atoms with Crippen LogP contribution in [0.1, 0.15) is 82.8 Å². The molecule has 306 valence electrons. The third-order valence-electron chi connectivity index (χ3n) is 11.4. The Kier molecular flexibility index (Phi) is 11.6. The summed E-state index contributed by atoms with van der Waals surface area (Å²) in [6.45, 7) is 10.8. The van der Waals surface area contributed by atoms with Crippen LogP contribution in [0.5, 0.6) is 0 Å². The summed E-state index contributed by atoms with van der Waals surface area (Å²) >= 11 is 0. The van der Waals surface area contributed by atoms with E-state index in [0.717, 1.165) is 81.7 Å². The second-order valence-corrected chi connectivity index (χ2v) is 15.9. The molecule has 15 nitrogen and oxygen atoms in total. The predicted molar refractivity (Wildman–Crippen MR) is 219 cm³/mol. The second-order valence-electron chi connectivity index (χ2n) is 15.9. The van der Waals surface area contributed by atoms with Crippen molar-refractivity contribution in [1.82, 2.24) is 45.4 Å². The van der Waals surface area contributed by atoms with Crippen LogP contribution in [0.4, 0.5) is 9.59 Å². The normalized spacial score (nSPS) is 17.9. The average molecular weight is 792 g/mol. The number of hydrogen-bond acceptors (Lipinski definition) is 8. The van der Waals surface area contributed by atoms with E-state index in [0.29, 0.717) is 18.9 Å². The Hall–Kier alpha value is -6.12. The lowest BCUT2D eigenvalue weighted by Crippen LogP contribution is -2.51. The van der Waals surface area contributed by atoms with E-state index in [2.05, 4.69) is 68.1 Å². The van der Waals surface area contributed by atoms with Gasteiger partial charge in [0.25, 0.3) is 0 Å². The van der Waals surface area contributed by atoms with Gasteiger partial charge in [0.05, 0.1) is 55.6 Å². The molecule has 2 aliphatic rings. The number of benzene rings is 2. The van der Waals surface area contributed by atoms with E-state index < -0.39 is 24.3 Å². The van der Waals surface area contributed by atoms with Gasteiger partial charge in [-0.2, -0.15) is 0 Å². The first-order valence-electron chi connectivity index (χ1n) is 20.0. The average Bonchev–Trinajstić information content (AvgIpc) is 4.06.